The van der Waals surface area contributed by atoms with Crippen molar-refractivity contribution in [3.63, 3.8) is 0 Å². The molecule has 1 aliphatic heterocycles. The van der Waals surface area contributed by atoms with Crippen molar-refractivity contribution in [3.8, 4) is 5.75 Å². The van der Waals surface area contributed by atoms with E-state index in [1.165, 1.54) is 19.2 Å². The lowest BCUT2D eigenvalue weighted by Crippen LogP contribution is -2.29. The maximum absolute atomic E-state index is 13.4. The number of thiazole rings is 1. The molecule has 4 heterocycles. The van der Waals surface area contributed by atoms with Gasteiger partial charge in [0.1, 0.15) is 22.0 Å². The molecular formula is C26H22N4O6S. The molecule has 1 atom stereocenters. The highest BCUT2D eigenvalue weighted by molar-refractivity contribution is 7.17. The number of aryl methyl sites for hydroxylation is 3. The molecule has 2 N–H and O–H groups in total. The molecule has 4 aromatic rings. The van der Waals surface area contributed by atoms with Crippen LogP contribution in [0.2, 0.25) is 0 Å². The maximum atomic E-state index is 13.4. The molecule has 0 aliphatic carbocycles. The molecule has 1 aliphatic rings. The number of phenols is 1. The molecule has 1 amide bonds. The summed E-state index contributed by atoms with van der Waals surface area (Å²) in [4.78, 5) is 49.3. The summed E-state index contributed by atoms with van der Waals surface area (Å²) in [6.07, 6.45) is 1.80. The summed E-state index contributed by atoms with van der Waals surface area (Å²) in [5, 5.41) is 21.4. The van der Waals surface area contributed by atoms with Crippen LogP contribution in [0.25, 0.3) is 11.4 Å². The number of nitrogens with zero attached hydrogens (tertiary/aromatic N) is 4. The van der Waals surface area contributed by atoms with E-state index in [1.807, 2.05) is 19.1 Å². The topological polar surface area (TPSA) is 134 Å². The molecule has 0 bridgehead atoms. The average molecular weight is 519 g/mol. The number of ether oxygens (including phenoxy) is 1. The Bertz CT molecular complexity index is 1630. The Morgan fingerprint density at radius 1 is 1.08 bits per heavy atom. The lowest BCUT2D eigenvalue weighted by molar-refractivity contribution is -0.132. The zero-order chi connectivity index (χ0) is 26.6. The van der Waals surface area contributed by atoms with Gasteiger partial charge in [-0.2, -0.15) is 0 Å². The number of carbonyl (C=O) groups excluding carboxylic acids is 3. The van der Waals surface area contributed by atoms with Crippen molar-refractivity contribution < 1.29 is 29.3 Å². The quantitative estimate of drug-likeness (QED) is 0.180. The van der Waals surface area contributed by atoms with Crippen LogP contribution in [0.3, 0.4) is 0 Å². The van der Waals surface area contributed by atoms with Gasteiger partial charge in [0.2, 0.25) is 0 Å². The molecule has 0 spiro atoms. The number of Topliss-reactive ketones (excluding diaryl/α,β-unsaturated/α-hetero) is 1. The Hall–Kier alpha value is -4.51. The zero-order valence-electron chi connectivity index (χ0n) is 20.3. The van der Waals surface area contributed by atoms with E-state index in [0.717, 1.165) is 21.8 Å². The lowest BCUT2D eigenvalue weighted by Gasteiger charge is -2.22. The second-order valence-corrected chi connectivity index (χ2v) is 9.57. The Labute approximate surface area is 215 Å². The number of rotatable bonds is 4. The largest absolute Gasteiger partial charge is 0.508 e. The van der Waals surface area contributed by atoms with Gasteiger partial charge in [-0.05, 0) is 50.1 Å². The summed E-state index contributed by atoms with van der Waals surface area (Å²) >= 11 is 0.909. The number of aliphatic hydroxyl groups is 1. The molecule has 188 valence electrons. The number of benzene rings is 1. The van der Waals surface area contributed by atoms with Crippen molar-refractivity contribution >= 4 is 45.5 Å². The summed E-state index contributed by atoms with van der Waals surface area (Å²) < 4.78 is 6.60. The molecule has 0 radical (unpaired) electrons. The van der Waals surface area contributed by atoms with Crippen molar-refractivity contribution in [2.24, 2.45) is 0 Å². The van der Waals surface area contributed by atoms with E-state index in [-0.39, 0.29) is 27.0 Å². The van der Waals surface area contributed by atoms with E-state index in [4.69, 9.17) is 4.74 Å². The Kier molecular flexibility index (Phi) is 5.79. The van der Waals surface area contributed by atoms with Crippen LogP contribution in [0.4, 0.5) is 5.13 Å². The molecule has 37 heavy (non-hydrogen) atoms. The highest BCUT2D eigenvalue weighted by Gasteiger charge is 2.49. The summed E-state index contributed by atoms with van der Waals surface area (Å²) in [5.41, 5.74) is 2.84. The number of methoxy groups -OCH3 is 1. The minimum absolute atomic E-state index is 0.00885. The molecule has 3 aromatic heterocycles. The molecule has 1 fully saturated rings. The van der Waals surface area contributed by atoms with Crippen LogP contribution in [0.15, 0.2) is 48.2 Å². The number of hydrogen-bond acceptors (Lipinski definition) is 9. The molecular weight excluding hydrogens is 496 g/mol. The normalized spacial score (nSPS) is 17.1. The molecule has 1 saturated heterocycles. The zero-order valence-corrected chi connectivity index (χ0v) is 21.2. The maximum Gasteiger partial charge on any atom is 0.350 e. The van der Waals surface area contributed by atoms with Crippen molar-refractivity contribution in [1.82, 2.24) is 14.4 Å². The number of carbonyl (C=O) groups is 3. The highest BCUT2D eigenvalue weighted by atomic mass is 32.1. The second kappa shape index (κ2) is 8.86. The van der Waals surface area contributed by atoms with Gasteiger partial charge in [-0.1, -0.05) is 29.5 Å². The first-order chi connectivity index (χ1) is 17.6. The molecule has 10 nitrogen and oxygen atoms in total. The number of aromatic nitrogens is 3. The molecule has 5 rings (SSSR count). The van der Waals surface area contributed by atoms with E-state index < -0.39 is 29.5 Å². The minimum atomic E-state index is -1.08. The molecule has 1 unspecified atom stereocenters. The van der Waals surface area contributed by atoms with Crippen LogP contribution in [0.1, 0.15) is 43.9 Å². The number of hydrogen-bond donors (Lipinski definition) is 2. The second-order valence-electron chi connectivity index (χ2n) is 8.59. The molecule has 0 saturated carbocycles. The number of imidazole rings is 1. The number of anilines is 1. The van der Waals surface area contributed by atoms with Crippen LogP contribution in [0, 0.1) is 20.8 Å². The van der Waals surface area contributed by atoms with Gasteiger partial charge in [-0.15, -0.1) is 0 Å². The van der Waals surface area contributed by atoms with Gasteiger partial charge in [-0.25, -0.2) is 14.8 Å². The van der Waals surface area contributed by atoms with Crippen LogP contribution in [-0.2, 0) is 14.3 Å². The number of aliphatic hydroxyl groups excluding tert-OH is 1. The number of aromatic hydroxyl groups is 1. The monoisotopic (exact) mass is 518 g/mol. The predicted octanol–water partition coefficient (Wildman–Crippen LogP) is 3.83. The fourth-order valence-corrected chi connectivity index (χ4v) is 5.46. The first-order valence-corrected chi connectivity index (χ1v) is 12.1. The van der Waals surface area contributed by atoms with Gasteiger partial charge in [-0.3, -0.25) is 14.5 Å². The van der Waals surface area contributed by atoms with E-state index in [0.29, 0.717) is 22.6 Å². The third kappa shape index (κ3) is 3.75. The van der Waals surface area contributed by atoms with Crippen LogP contribution < -0.4 is 4.90 Å². The number of ketones is 1. The van der Waals surface area contributed by atoms with Crippen LogP contribution in [0.5, 0.6) is 5.75 Å². The van der Waals surface area contributed by atoms with Crippen molar-refractivity contribution in [1.29, 1.82) is 0 Å². The first-order valence-electron chi connectivity index (χ1n) is 11.2. The van der Waals surface area contributed by atoms with E-state index in [2.05, 4.69) is 9.97 Å². The predicted molar refractivity (Wildman–Crippen MR) is 136 cm³/mol. The molecule has 11 heteroatoms. The first kappa shape index (κ1) is 24.2. The van der Waals surface area contributed by atoms with Gasteiger partial charge in [0.15, 0.2) is 10.9 Å². The highest BCUT2D eigenvalue weighted by Crippen LogP contribution is 2.44. The fraction of sp³-hybridized carbons (Fsp3) is 0.192. The smallest absolute Gasteiger partial charge is 0.350 e. The van der Waals surface area contributed by atoms with Gasteiger partial charge < -0.3 is 19.4 Å². The Balaban J connectivity index is 1.75. The van der Waals surface area contributed by atoms with Gasteiger partial charge in [0.25, 0.3) is 5.78 Å². The molecule has 1 aromatic carbocycles. The number of amides is 1. The SMILES string of the molecule is COC(=O)c1sc(N2C(=O)C(=O)/C(=C(/O)c3nc4c(C)cccn4c3C)C2c2ccc(O)cc2)nc1C. The van der Waals surface area contributed by atoms with E-state index >= 15 is 0 Å². The lowest BCUT2D eigenvalue weighted by atomic mass is 9.96. The van der Waals surface area contributed by atoms with Crippen LogP contribution >= 0.6 is 11.3 Å². The Morgan fingerprint density at radius 2 is 1.78 bits per heavy atom. The van der Waals surface area contributed by atoms with Crippen molar-refractivity contribution in [2.45, 2.75) is 26.8 Å². The number of pyridine rings is 1. The Morgan fingerprint density at radius 3 is 2.43 bits per heavy atom. The van der Waals surface area contributed by atoms with E-state index in [1.54, 1.807) is 36.6 Å². The summed E-state index contributed by atoms with van der Waals surface area (Å²) in [6.45, 7) is 5.23. The standard InChI is InChI=1S/C26H22N4O6S/c1-12-6-5-11-29-14(3)18(28-23(12)29)20(32)17-19(15-7-9-16(31)10-8-15)30(24(34)21(17)33)26-27-13(2)22(37-26)25(35)36-4/h5-11,19,31-32H,1-4H3/b20-17+. The van der Waals surface area contributed by atoms with Crippen molar-refractivity contribution in [3.05, 3.63) is 81.3 Å². The summed E-state index contributed by atoms with van der Waals surface area (Å²) in [6, 6.07) is 8.58. The third-order valence-electron chi connectivity index (χ3n) is 6.32. The summed E-state index contributed by atoms with van der Waals surface area (Å²) in [5.74, 6) is -2.89. The van der Waals surface area contributed by atoms with Gasteiger partial charge in [0, 0.05) is 6.20 Å². The number of phenolic OH excluding ortho intramolecular Hbond substituents is 1. The van der Waals surface area contributed by atoms with E-state index in [9.17, 15) is 24.6 Å². The fourth-order valence-electron chi connectivity index (χ4n) is 4.44. The average Bonchev–Trinajstić information content (AvgIpc) is 3.51. The summed E-state index contributed by atoms with van der Waals surface area (Å²) in [7, 11) is 1.24. The van der Waals surface area contributed by atoms with Crippen molar-refractivity contribution in [2.75, 3.05) is 12.0 Å². The number of fused-ring (bicyclic) bond motifs is 1. The van der Waals surface area contributed by atoms with Gasteiger partial charge in [0.05, 0.1) is 30.1 Å². The third-order valence-corrected chi connectivity index (χ3v) is 7.46. The van der Waals surface area contributed by atoms with Gasteiger partial charge >= 0.3 is 11.9 Å². The number of esters is 1. The van der Waals surface area contributed by atoms with Crippen LogP contribution in [-0.4, -0.2) is 49.4 Å². The minimum Gasteiger partial charge on any atom is -0.508 e.